The van der Waals surface area contributed by atoms with Crippen molar-refractivity contribution in [2.75, 3.05) is 9.80 Å². The van der Waals surface area contributed by atoms with Crippen molar-refractivity contribution in [2.45, 2.75) is 0 Å². The molecule has 310 valence electrons. The van der Waals surface area contributed by atoms with Gasteiger partial charge >= 0.3 is 0 Å². The molecule has 2 heterocycles. The first-order chi connectivity index (χ1) is 32.7. The normalized spacial score (nSPS) is 11.6. The van der Waals surface area contributed by atoms with Crippen LogP contribution < -0.4 is 9.80 Å². The van der Waals surface area contributed by atoms with Gasteiger partial charge in [0.25, 0.3) is 0 Å². The summed E-state index contributed by atoms with van der Waals surface area (Å²) < 4.78 is 13.1. The molecule has 13 rings (SSSR count). The fourth-order valence-electron chi connectivity index (χ4n) is 10.1. The smallest absolute Gasteiger partial charge is 0.137 e. The lowest BCUT2D eigenvalue weighted by molar-refractivity contribution is 0.668. The summed E-state index contributed by atoms with van der Waals surface area (Å²) in [5.74, 6) is 0. The minimum absolute atomic E-state index is 0.843. The average molecular weight is 845 g/mol. The highest BCUT2D eigenvalue weighted by Gasteiger charge is 2.27. The average Bonchev–Trinajstić information content (AvgIpc) is 3.97. The number of hydrogen-bond donors (Lipinski definition) is 0. The van der Waals surface area contributed by atoms with E-state index in [1.165, 1.54) is 5.39 Å². The van der Waals surface area contributed by atoms with Gasteiger partial charge in [-0.05, 0) is 106 Å². The Labute approximate surface area is 381 Å². The number of benzene rings is 11. The zero-order valence-corrected chi connectivity index (χ0v) is 35.8. The summed E-state index contributed by atoms with van der Waals surface area (Å²) in [5, 5.41) is 8.83. The Morgan fingerprint density at radius 3 is 1.26 bits per heavy atom. The number of anilines is 6. The van der Waals surface area contributed by atoms with Crippen molar-refractivity contribution in [1.82, 2.24) is 0 Å². The Kier molecular flexibility index (Phi) is 8.81. The van der Waals surface area contributed by atoms with Gasteiger partial charge in [-0.3, -0.25) is 0 Å². The van der Waals surface area contributed by atoms with E-state index in [2.05, 4.69) is 240 Å². The van der Waals surface area contributed by atoms with Crippen LogP contribution in [-0.4, -0.2) is 0 Å². The molecule has 0 aliphatic rings. The standard InChI is InChI=1S/C62H40N2O2/c1-4-19-42(20-5-1)50-37-44-38-51(43-21-6-2-7-22-43)56(64(52-30-16-24-41-23-10-11-27-47(41)52)54-32-18-36-60-62(54)49-29-13-15-34-58(49)66-60)40-45(44)39-55(50)63(46-25-8-3-9-26-46)53-31-17-35-59-61(53)48-28-12-14-33-57(48)65-59/h1-40H. The minimum atomic E-state index is 0.843. The molecule has 4 heteroatoms. The van der Waals surface area contributed by atoms with Crippen LogP contribution in [0.15, 0.2) is 251 Å². The largest absolute Gasteiger partial charge is 0.456 e. The number of fused-ring (bicyclic) bond motifs is 8. The van der Waals surface area contributed by atoms with Crippen molar-refractivity contribution in [3.63, 3.8) is 0 Å². The van der Waals surface area contributed by atoms with Crippen LogP contribution in [0.3, 0.4) is 0 Å². The van der Waals surface area contributed by atoms with E-state index in [4.69, 9.17) is 8.83 Å². The summed E-state index contributed by atoms with van der Waals surface area (Å²) in [6.07, 6.45) is 0. The second kappa shape index (κ2) is 15.4. The van der Waals surface area contributed by atoms with E-state index < -0.39 is 0 Å². The van der Waals surface area contributed by atoms with Crippen molar-refractivity contribution < 1.29 is 8.83 Å². The van der Waals surface area contributed by atoms with Gasteiger partial charge in [0.2, 0.25) is 0 Å². The van der Waals surface area contributed by atoms with Gasteiger partial charge in [-0.1, -0.05) is 164 Å². The van der Waals surface area contributed by atoms with E-state index in [9.17, 15) is 0 Å². The van der Waals surface area contributed by atoms with Crippen LogP contribution >= 0.6 is 0 Å². The lowest BCUT2D eigenvalue weighted by atomic mass is 9.92. The van der Waals surface area contributed by atoms with E-state index in [0.717, 1.165) is 116 Å². The summed E-state index contributed by atoms with van der Waals surface area (Å²) in [7, 11) is 0. The van der Waals surface area contributed by atoms with Crippen LogP contribution in [0.2, 0.25) is 0 Å². The molecule has 0 aliphatic carbocycles. The summed E-state index contributed by atoms with van der Waals surface area (Å²) in [4.78, 5) is 4.88. The first-order valence-electron chi connectivity index (χ1n) is 22.4. The molecule has 0 saturated heterocycles. The third kappa shape index (κ3) is 6.15. The van der Waals surface area contributed by atoms with Crippen molar-refractivity contribution in [3.05, 3.63) is 243 Å². The lowest BCUT2D eigenvalue weighted by Crippen LogP contribution is -2.13. The van der Waals surface area contributed by atoms with Crippen molar-refractivity contribution in [2.24, 2.45) is 0 Å². The van der Waals surface area contributed by atoms with E-state index in [1.54, 1.807) is 0 Å². The molecular formula is C62H40N2O2. The molecule has 0 aliphatic heterocycles. The van der Waals surface area contributed by atoms with Crippen molar-refractivity contribution in [1.29, 1.82) is 0 Å². The van der Waals surface area contributed by atoms with Gasteiger partial charge in [0.1, 0.15) is 22.3 Å². The fraction of sp³-hybridized carbons (Fsp3) is 0. The predicted molar refractivity (Wildman–Crippen MR) is 276 cm³/mol. The highest BCUT2D eigenvalue weighted by atomic mass is 16.3. The lowest BCUT2D eigenvalue weighted by Gasteiger charge is -2.31. The van der Waals surface area contributed by atoms with Crippen LogP contribution in [-0.2, 0) is 0 Å². The number of rotatable bonds is 8. The maximum absolute atomic E-state index is 6.58. The molecule has 0 radical (unpaired) electrons. The second-order valence-corrected chi connectivity index (χ2v) is 16.8. The molecule has 0 bridgehead atoms. The Bertz CT molecular complexity index is 3940. The van der Waals surface area contributed by atoms with Crippen LogP contribution in [0, 0.1) is 0 Å². The summed E-state index contributed by atoms with van der Waals surface area (Å²) in [6.45, 7) is 0. The van der Waals surface area contributed by atoms with Gasteiger partial charge in [-0.2, -0.15) is 0 Å². The van der Waals surface area contributed by atoms with Gasteiger partial charge < -0.3 is 18.6 Å². The molecule has 66 heavy (non-hydrogen) atoms. The molecule has 0 spiro atoms. The van der Waals surface area contributed by atoms with E-state index >= 15 is 0 Å². The molecule has 0 unspecified atom stereocenters. The second-order valence-electron chi connectivity index (χ2n) is 16.8. The van der Waals surface area contributed by atoms with Gasteiger partial charge in [0.05, 0.1) is 39.2 Å². The highest BCUT2D eigenvalue weighted by molar-refractivity contribution is 6.17. The summed E-state index contributed by atoms with van der Waals surface area (Å²) >= 11 is 0. The molecule has 0 atom stereocenters. The minimum Gasteiger partial charge on any atom is -0.456 e. The molecule has 13 aromatic rings. The highest BCUT2D eigenvalue weighted by Crippen LogP contribution is 2.51. The number of furan rings is 2. The Morgan fingerprint density at radius 1 is 0.258 bits per heavy atom. The SMILES string of the molecule is c1ccc(-c2cc3cc(-c4ccccc4)c(N(c4cccc5ccccc45)c4cccc5oc6ccccc6c45)cc3cc2N(c2ccccc2)c2cccc3oc4ccccc4c23)cc1. The monoisotopic (exact) mass is 844 g/mol. The van der Waals surface area contributed by atoms with Gasteiger partial charge in [-0.25, -0.2) is 0 Å². The molecule has 4 nitrogen and oxygen atoms in total. The van der Waals surface area contributed by atoms with Crippen LogP contribution in [0.4, 0.5) is 34.1 Å². The zero-order chi connectivity index (χ0) is 43.6. The Morgan fingerprint density at radius 2 is 0.667 bits per heavy atom. The maximum atomic E-state index is 6.58. The molecule has 11 aromatic carbocycles. The van der Waals surface area contributed by atoms with Gasteiger partial charge in [0.15, 0.2) is 0 Å². The van der Waals surface area contributed by atoms with E-state index in [1.807, 2.05) is 12.1 Å². The third-order valence-electron chi connectivity index (χ3n) is 13.0. The van der Waals surface area contributed by atoms with E-state index in [0.29, 0.717) is 0 Å². The quantitative estimate of drug-likeness (QED) is 0.153. The van der Waals surface area contributed by atoms with Crippen molar-refractivity contribution in [3.8, 4) is 22.3 Å². The molecule has 0 amide bonds. The topological polar surface area (TPSA) is 32.8 Å². The van der Waals surface area contributed by atoms with Crippen LogP contribution in [0.25, 0.3) is 87.7 Å². The molecular weight excluding hydrogens is 805 g/mol. The van der Waals surface area contributed by atoms with Crippen LogP contribution in [0.5, 0.6) is 0 Å². The molecule has 2 aromatic heterocycles. The van der Waals surface area contributed by atoms with Gasteiger partial charge in [-0.15, -0.1) is 0 Å². The third-order valence-corrected chi connectivity index (χ3v) is 13.0. The summed E-state index contributed by atoms with van der Waals surface area (Å²) in [6, 6.07) is 86.7. The van der Waals surface area contributed by atoms with Crippen LogP contribution in [0.1, 0.15) is 0 Å². The Hall–Kier alpha value is -8.86. The zero-order valence-electron chi connectivity index (χ0n) is 35.8. The Balaban J connectivity index is 1.16. The molecule has 0 saturated carbocycles. The number of para-hydroxylation sites is 3. The fourth-order valence-corrected chi connectivity index (χ4v) is 10.1. The number of nitrogens with zero attached hydrogens (tertiary/aromatic N) is 2. The number of hydrogen-bond acceptors (Lipinski definition) is 4. The van der Waals surface area contributed by atoms with Crippen molar-refractivity contribution >= 4 is 99.5 Å². The first kappa shape index (κ1) is 37.7. The summed E-state index contributed by atoms with van der Waals surface area (Å²) in [5.41, 5.74) is 14.2. The molecule has 0 N–H and O–H groups in total. The van der Waals surface area contributed by atoms with Gasteiger partial charge in [0, 0.05) is 33.0 Å². The van der Waals surface area contributed by atoms with E-state index in [-0.39, 0.29) is 0 Å². The maximum Gasteiger partial charge on any atom is 0.137 e. The molecule has 0 fully saturated rings. The predicted octanol–water partition coefficient (Wildman–Crippen LogP) is 18.1. The first-order valence-corrected chi connectivity index (χ1v) is 22.4.